The Bertz CT molecular complexity index is 138. The molecule has 11 heavy (non-hydrogen) atoms. The van der Waals surface area contributed by atoms with Gasteiger partial charge in [0.05, 0.1) is 0 Å². The van der Waals surface area contributed by atoms with Crippen LogP contribution in [-0.2, 0) is 0 Å². The molecule has 0 bridgehead atoms. The van der Waals surface area contributed by atoms with Gasteiger partial charge in [-0.05, 0) is 12.3 Å². The highest BCUT2D eigenvalue weighted by atomic mass is 16.2. The van der Waals surface area contributed by atoms with Gasteiger partial charge in [0.25, 0.3) is 0 Å². The van der Waals surface area contributed by atoms with E-state index in [0.717, 1.165) is 0 Å². The lowest BCUT2D eigenvalue weighted by molar-refractivity contribution is 0.224. The Morgan fingerprint density at radius 2 is 1.82 bits per heavy atom. The average molecular weight is 158 g/mol. The molecule has 0 aliphatic rings. The molecule has 0 aromatic rings. The summed E-state index contributed by atoms with van der Waals surface area (Å²) in [5, 5.41) is 5.34. The Morgan fingerprint density at radius 1 is 1.36 bits per heavy atom. The molecule has 0 aromatic carbocycles. The summed E-state index contributed by atoms with van der Waals surface area (Å²) in [6.45, 7) is 8.27. The third-order valence-corrected chi connectivity index (χ3v) is 1.87. The van der Waals surface area contributed by atoms with Crippen molar-refractivity contribution >= 4 is 6.03 Å². The summed E-state index contributed by atoms with van der Waals surface area (Å²) in [5.41, 5.74) is 0.118. The van der Waals surface area contributed by atoms with Gasteiger partial charge in [-0.25, -0.2) is 4.79 Å². The zero-order valence-corrected chi connectivity index (χ0v) is 7.99. The first-order valence-corrected chi connectivity index (χ1v) is 3.86. The molecule has 0 fully saturated rings. The predicted octanol–water partition coefficient (Wildman–Crippen LogP) is 1.35. The molecule has 0 radical (unpaired) electrons. The van der Waals surface area contributed by atoms with E-state index in [9.17, 15) is 4.79 Å². The van der Waals surface area contributed by atoms with Crippen LogP contribution in [0.1, 0.15) is 27.7 Å². The quantitative estimate of drug-likeness (QED) is 0.594. The van der Waals surface area contributed by atoms with Crippen molar-refractivity contribution in [2.24, 2.45) is 5.41 Å². The third kappa shape index (κ3) is 3.86. The van der Waals surface area contributed by atoms with Crippen molar-refractivity contribution < 1.29 is 4.79 Å². The summed E-state index contributed by atoms with van der Waals surface area (Å²) in [4.78, 5) is 10.8. The Morgan fingerprint density at radius 3 is 2.09 bits per heavy atom. The molecule has 2 amide bonds. The number of hydrogen-bond donors (Lipinski definition) is 2. The van der Waals surface area contributed by atoms with E-state index in [2.05, 4.69) is 31.4 Å². The fraction of sp³-hybridized carbons (Fsp3) is 0.875. The highest BCUT2D eigenvalue weighted by Gasteiger charge is 2.20. The van der Waals surface area contributed by atoms with Gasteiger partial charge in [-0.1, -0.05) is 20.8 Å². The normalized spacial score (nSPS) is 13.9. The number of hydrogen-bond acceptors (Lipinski definition) is 1. The van der Waals surface area contributed by atoms with Crippen LogP contribution in [0.25, 0.3) is 0 Å². The number of rotatable bonds is 1. The van der Waals surface area contributed by atoms with Crippen molar-refractivity contribution in [3.63, 3.8) is 0 Å². The van der Waals surface area contributed by atoms with E-state index in [1.165, 1.54) is 0 Å². The predicted molar refractivity (Wildman–Crippen MR) is 46.5 cm³/mol. The zero-order chi connectivity index (χ0) is 9.07. The first kappa shape index (κ1) is 10.3. The maximum absolute atomic E-state index is 10.8. The number of carbonyl (C=O) groups excluding carboxylic acids is 1. The molecule has 0 saturated heterocycles. The van der Waals surface area contributed by atoms with Crippen molar-refractivity contribution in [3.8, 4) is 0 Å². The Balaban J connectivity index is 3.87. The van der Waals surface area contributed by atoms with Crippen molar-refractivity contribution in [1.29, 1.82) is 0 Å². The highest BCUT2D eigenvalue weighted by Crippen LogP contribution is 2.17. The van der Waals surface area contributed by atoms with Crippen LogP contribution in [0.4, 0.5) is 4.79 Å². The minimum absolute atomic E-state index is 0.118. The lowest BCUT2D eigenvalue weighted by Crippen LogP contribution is -2.45. The van der Waals surface area contributed by atoms with E-state index in [-0.39, 0.29) is 17.5 Å². The first-order chi connectivity index (χ1) is 4.88. The van der Waals surface area contributed by atoms with Gasteiger partial charge >= 0.3 is 6.03 Å². The minimum Gasteiger partial charge on any atom is -0.341 e. The molecule has 0 heterocycles. The molecule has 66 valence electrons. The van der Waals surface area contributed by atoms with Gasteiger partial charge in [0, 0.05) is 13.1 Å². The molecule has 0 saturated carbocycles. The molecule has 2 N–H and O–H groups in total. The van der Waals surface area contributed by atoms with Crippen LogP contribution in [0.15, 0.2) is 0 Å². The summed E-state index contributed by atoms with van der Waals surface area (Å²) < 4.78 is 0. The van der Waals surface area contributed by atoms with E-state index < -0.39 is 0 Å². The third-order valence-electron chi connectivity index (χ3n) is 1.87. The van der Waals surface area contributed by atoms with Crippen LogP contribution in [0.2, 0.25) is 0 Å². The van der Waals surface area contributed by atoms with Gasteiger partial charge in [-0.2, -0.15) is 0 Å². The van der Waals surface area contributed by atoms with Gasteiger partial charge in [0.15, 0.2) is 0 Å². The highest BCUT2D eigenvalue weighted by molar-refractivity contribution is 5.73. The van der Waals surface area contributed by atoms with Gasteiger partial charge in [-0.15, -0.1) is 0 Å². The number of amides is 2. The Labute approximate surface area is 68.6 Å². The smallest absolute Gasteiger partial charge is 0.314 e. The Hall–Kier alpha value is -0.730. The van der Waals surface area contributed by atoms with Gasteiger partial charge in [0.1, 0.15) is 0 Å². The summed E-state index contributed by atoms with van der Waals surface area (Å²) >= 11 is 0. The van der Waals surface area contributed by atoms with Crippen LogP contribution >= 0.6 is 0 Å². The van der Waals surface area contributed by atoms with Crippen molar-refractivity contribution in [2.75, 3.05) is 7.05 Å². The van der Waals surface area contributed by atoms with Crippen LogP contribution < -0.4 is 10.6 Å². The second kappa shape index (κ2) is 3.60. The minimum atomic E-state index is -0.118. The Kier molecular flexibility index (Phi) is 3.36. The summed E-state index contributed by atoms with van der Waals surface area (Å²) in [5.74, 6) is 0. The fourth-order valence-corrected chi connectivity index (χ4v) is 0.485. The second-order valence-electron chi connectivity index (χ2n) is 3.81. The zero-order valence-electron chi connectivity index (χ0n) is 7.99. The monoisotopic (exact) mass is 158 g/mol. The molecular formula is C8H18N2O. The van der Waals surface area contributed by atoms with Gasteiger partial charge < -0.3 is 10.6 Å². The number of carbonyl (C=O) groups is 1. The fourth-order valence-electron chi connectivity index (χ4n) is 0.485. The molecule has 1 unspecified atom stereocenters. The summed E-state index contributed by atoms with van der Waals surface area (Å²) in [6, 6.07) is 0.0647. The van der Waals surface area contributed by atoms with Crippen LogP contribution in [0.5, 0.6) is 0 Å². The summed E-state index contributed by atoms with van der Waals surface area (Å²) in [6.07, 6.45) is 0. The SMILES string of the molecule is CNC(=O)NC(C)C(C)(C)C. The largest absolute Gasteiger partial charge is 0.341 e. The van der Waals surface area contributed by atoms with Crippen LogP contribution in [0.3, 0.4) is 0 Å². The lowest BCUT2D eigenvalue weighted by atomic mass is 9.88. The van der Waals surface area contributed by atoms with E-state index in [4.69, 9.17) is 0 Å². The summed E-state index contributed by atoms with van der Waals surface area (Å²) in [7, 11) is 1.62. The van der Waals surface area contributed by atoms with E-state index in [0.29, 0.717) is 0 Å². The lowest BCUT2D eigenvalue weighted by Gasteiger charge is -2.27. The maximum Gasteiger partial charge on any atom is 0.314 e. The van der Waals surface area contributed by atoms with E-state index in [1.54, 1.807) is 7.05 Å². The maximum atomic E-state index is 10.8. The molecule has 0 rings (SSSR count). The number of nitrogens with one attached hydrogen (secondary N) is 2. The molecule has 3 heteroatoms. The van der Waals surface area contributed by atoms with Crippen molar-refractivity contribution in [2.45, 2.75) is 33.7 Å². The molecule has 3 nitrogen and oxygen atoms in total. The van der Waals surface area contributed by atoms with Crippen molar-refractivity contribution in [3.05, 3.63) is 0 Å². The van der Waals surface area contributed by atoms with E-state index >= 15 is 0 Å². The second-order valence-corrected chi connectivity index (χ2v) is 3.81. The molecular weight excluding hydrogens is 140 g/mol. The number of urea groups is 1. The molecule has 0 aromatic heterocycles. The molecule has 1 atom stereocenters. The van der Waals surface area contributed by atoms with Crippen LogP contribution in [0, 0.1) is 5.41 Å². The van der Waals surface area contributed by atoms with Gasteiger partial charge in [-0.3, -0.25) is 0 Å². The standard InChI is InChI=1S/C8H18N2O/c1-6(8(2,3)4)10-7(11)9-5/h6H,1-5H3,(H2,9,10,11). The molecule has 0 spiro atoms. The molecule has 0 aliphatic carbocycles. The average Bonchev–Trinajstić information content (AvgIpc) is 1.85. The molecule has 0 aliphatic heterocycles. The first-order valence-electron chi connectivity index (χ1n) is 3.86. The van der Waals surface area contributed by atoms with Crippen molar-refractivity contribution in [1.82, 2.24) is 10.6 Å². The van der Waals surface area contributed by atoms with Crippen LogP contribution in [-0.4, -0.2) is 19.1 Å². The van der Waals surface area contributed by atoms with Gasteiger partial charge in [0.2, 0.25) is 0 Å². The topological polar surface area (TPSA) is 41.1 Å². The van der Waals surface area contributed by atoms with E-state index in [1.807, 2.05) is 6.92 Å².